The molecule has 222 valence electrons. The zero-order chi connectivity index (χ0) is 30.2. The third-order valence-electron chi connectivity index (χ3n) is 7.83. The summed E-state index contributed by atoms with van der Waals surface area (Å²) in [5, 5.41) is 10.8. The first-order valence-corrected chi connectivity index (χ1v) is 14.9. The number of aromatic nitrogens is 4. The highest BCUT2D eigenvalue weighted by Gasteiger charge is 2.32. The Kier molecular flexibility index (Phi) is 7.63. The molecule has 10 nitrogen and oxygen atoms in total. The number of carbonyl (C=O) groups excluding carboxylic acids is 1. The number of ether oxygens (including phenoxy) is 2. The molecule has 12 heteroatoms. The van der Waals surface area contributed by atoms with Crippen molar-refractivity contribution in [2.45, 2.75) is 24.9 Å². The van der Waals surface area contributed by atoms with E-state index in [1.54, 1.807) is 31.8 Å². The number of benzene rings is 2. The van der Waals surface area contributed by atoms with Gasteiger partial charge in [-0.05, 0) is 18.6 Å². The molecule has 0 spiro atoms. The summed E-state index contributed by atoms with van der Waals surface area (Å²) < 4.78 is 11.8. The van der Waals surface area contributed by atoms with E-state index in [-0.39, 0.29) is 18.0 Å². The van der Waals surface area contributed by atoms with E-state index in [0.29, 0.717) is 69.5 Å². The van der Waals surface area contributed by atoms with Crippen LogP contribution in [-0.2, 0) is 4.79 Å². The van der Waals surface area contributed by atoms with E-state index in [4.69, 9.17) is 37.7 Å². The Bertz CT molecular complexity index is 1900. The Morgan fingerprint density at radius 1 is 1.00 bits per heavy atom. The van der Waals surface area contributed by atoms with E-state index in [1.807, 2.05) is 42.5 Å². The van der Waals surface area contributed by atoms with Crippen LogP contribution in [0.4, 0.5) is 11.5 Å². The van der Waals surface area contributed by atoms with Gasteiger partial charge in [0.1, 0.15) is 17.9 Å². The minimum atomic E-state index is -0.114. The fraction of sp³-hybridized carbons (Fsp3) is 0.219. The first-order chi connectivity index (χ1) is 21.5. The molecule has 0 unspecified atom stereocenters. The number of carbonyl (C=O) groups is 1. The number of fused-ring (bicyclic) bond motifs is 2. The van der Waals surface area contributed by atoms with Crippen molar-refractivity contribution in [1.29, 1.82) is 0 Å². The summed E-state index contributed by atoms with van der Waals surface area (Å²) in [7, 11) is 1.59. The van der Waals surface area contributed by atoms with Crippen molar-refractivity contribution in [2.24, 2.45) is 0 Å². The fourth-order valence-electron chi connectivity index (χ4n) is 5.67. The van der Waals surface area contributed by atoms with Gasteiger partial charge in [0.15, 0.2) is 5.82 Å². The zero-order valence-electron chi connectivity index (χ0n) is 23.6. The Balaban J connectivity index is 1.19. The van der Waals surface area contributed by atoms with E-state index in [2.05, 4.69) is 30.9 Å². The molecule has 2 aliphatic rings. The largest absolute Gasteiger partial charge is 0.491 e. The number of pyridine rings is 2. The maximum atomic E-state index is 11.6. The molecule has 5 heterocycles. The summed E-state index contributed by atoms with van der Waals surface area (Å²) in [6.45, 7) is 1.06. The van der Waals surface area contributed by atoms with E-state index in [1.165, 1.54) is 0 Å². The predicted molar refractivity (Wildman–Crippen MR) is 170 cm³/mol. The second kappa shape index (κ2) is 11.9. The Morgan fingerprint density at radius 2 is 1.80 bits per heavy atom. The van der Waals surface area contributed by atoms with Crippen LogP contribution >= 0.6 is 23.2 Å². The number of anilines is 2. The SMILES string of the molecule is COc1nc(-c2cccc(-c3cccc(Nc4nccc5nccnc45)c3Cl)c2Cl)cc2c1[C@@H](NC[C@@H]1CCC(=O)N1)CO2. The van der Waals surface area contributed by atoms with Crippen molar-refractivity contribution in [2.75, 3.05) is 25.6 Å². The molecule has 0 aliphatic carbocycles. The van der Waals surface area contributed by atoms with Crippen LogP contribution in [0, 0.1) is 0 Å². The summed E-state index contributed by atoms with van der Waals surface area (Å²) in [6, 6.07) is 15.1. The number of halogens is 2. The average Bonchev–Trinajstić information content (AvgIpc) is 3.66. The summed E-state index contributed by atoms with van der Waals surface area (Å²) >= 11 is 14.0. The molecule has 7 rings (SSSR count). The van der Waals surface area contributed by atoms with Crippen LogP contribution < -0.4 is 25.4 Å². The molecular formula is C32H27Cl2N7O3. The van der Waals surface area contributed by atoms with Gasteiger partial charge in [-0.15, -0.1) is 0 Å². The lowest BCUT2D eigenvalue weighted by Crippen LogP contribution is -2.37. The number of nitrogens with one attached hydrogen (secondary N) is 3. The van der Waals surface area contributed by atoms with Gasteiger partial charge in [-0.25, -0.2) is 15.0 Å². The Morgan fingerprint density at radius 3 is 2.61 bits per heavy atom. The highest BCUT2D eigenvalue weighted by atomic mass is 35.5. The number of nitrogens with zero attached hydrogens (tertiary/aromatic N) is 4. The molecule has 2 atom stereocenters. The monoisotopic (exact) mass is 627 g/mol. The van der Waals surface area contributed by atoms with Crippen molar-refractivity contribution in [3.05, 3.63) is 82.7 Å². The van der Waals surface area contributed by atoms with Crippen LogP contribution in [0.3, 0.4) is 0 Å². The second-order valence-corrected chi connectivity index (χ2v) is 11.3. The summed E-state index contributed by atoms with van der Waals surface area (Å²) in [4.78, 5) is 29.7. The third kappa shape index (κ3) is 5.25. The maximum Gasteiger partial charge on any atom is 0.222 e. The number of hydrogen-bond donors (Lipinski definition) is 3. The Labute approximate surface area is 263 Å². The van der Waals surface area contributed by atoms with Crippen LogP contribution in [0.1, 0.15) is 24.4 Å². The highest BCUT2D eigenvalue weighted by molar-refractivity contribution is 6.39. The molecule has 1 fully saturated rings. The number of hydrogen-bond acceptors (Lipinski definition) is 9. The topological polar surface area (TPSA) is 123 Å². The second-order valence-electron chi connectivity index (χ2n) is 10.5. The number of methoxy groups -OCH3 is 1. The zero-order valence-corrected chi connectivity index (χ0v) is 25.1. The van der Waals surface area contributed by atoms with Crippen LogP contribution in [0.5, 0.6) is 11.6 Å². The van der Waals surface area contributed by atoms with Crippen LogP contribution in [0.2, 0.25) is 10.0 Å². The lowest BCUT2D eigenvalue weighted by molar-refractivity contribution is -0.119. The summed E-state index contributed by atoms with van der Waals surface area (Å²) in [5.41, 5.74) is 5.65. The molecule has 3 aromatic heterocycles. The highest BCUT2D eigenvalue weighted by Crippen LogP contribution is 2.45. The number of rotatable bonds is 8. The van der Waals surface area contributed by atoms with Gasteiger partial charge < -0.3 is 25.4 Å². The lowest BCUT2D eigenvalue weighted by atomic mass is 9.99. The van der Waals surface area contributed by atoms with Crippen molar-refractivity contribution >= 4 is 51.6 Å². The van der Waals surface area contributed by atoms with Gasteiger partial charge in [0.25, 0.3) is 0 Å². The summed E-state index contributed by atoms with van der Waals surface area (Å²) in [6.07, 6.45) is 6.31. The molecule has 1 saturated heterocycles. The van der Waals surface area contributed by atoms with Crippen molar-refractivity contribution in [1.82, 2.24) is 30.6 Å². The Hall–Kier alpha value is -4.51. The van der Waals surface area contributed by atoms with Gasteiger partial charge in [-0.3, -0.25) is 9.78 Å². The van der Waals surface area contributed by atoms with Gasteiger partial charge in [-0.2, -0.15) is 0 Å². The van der Waals surface area contributed by atoms with Crippen LogP contribution in [0.15, 0.2) is 67.1 Å². The molecule has 1 amide bonds. The molecule has 0 bridgehead atoms. The molecular weight excluding hydrogens is 601 g/mol. The average molecular weight is 629 g/mol. The van der Waals surface area contributed by atoms with Crippen molar-refractivity contribution < 1.29 is 14.3 Å². The maximum absolute atomic E-state index is 11.6. The van der Waals surface area contributed by atoms with E-state index in [0.717, 1.165) is 28.6 Å². The van der Waals surface area contributed by atoms with E-state index >= 15 is 0 Å². The first kappa shape index (κ1) is 28.3. The van der Waals surface area contributed by atoms with Crippen LogP contribution in [0.25, 0.3) is 33.4 Å². The summed E-state index contributed by atoms with van der Waals surface area (Å²) in [5.74, 6) is 1.77. The van der Waals surface area contributed by atoms with Gasteiger partial charge in [-0.1, -0.05) is 53.5 Å². The molecule has 3 N–H and O–H groups in total. The smallest absolute Gasteiger partial charge is 0.222 e. The van der Waals surface area contributed by atoms with Gasteiger partial charge in [0.05, 0.1) is 45.7 Å². The lowest BCUT2D eigenvalue weighted by Gasteiger charge is -2.18. The van der Waals surface area contributed by atoms with Gasteiger partial charge in [0, 0.05) is 60.4 Å². The number of amides is 1. The van der Waals surface area contributed by atoms with E-state index < -0.39 is 0 Å². The molecule has 0 radical (unpaired) electrons. The van der Waals surface area contributed by atoms with Gasteiger partial charge >= 0.3 is 0 Å². The molecule has 5 aromatic rings. The standard InChI is InChI=1S/C32H27Cl2N7O3/c1-43-32-27-24(38-15-17-8-9-26(42)39-17)16-44-25(27)14-23(41-32)20-6-2-4-18(28(20)33)19-5-3-7-21(29(19)34)40-31-30-22(10-11-37-31)35-12-13-36-30/h2-7,10-14,17,24,38H,8-9,15-16H2,1H3,(H,37,40)(H,39,42)/t17-,24-/m0/s1. The van der Waals surface area contributed by atoms with Crippen molar-refractivity contribution in [3.8, 4) is 34.0 Å². The predicted octanol–water partition coefficient (Wildman–Crippen LogP) is 6.11. The minimum Gasteiger partial charge on any atom is -0.491 e. The van der Waals surface area contributed by atoms with Crippen LogP contribution in [-0.4, -0.2) is 52.1 Å². The third-order valence-corrected chi connectivity index (χ3v) is 8.65. The minimum absolute atomic E-state index is 0.0869. The van der Waals surface area contributed by atoms with Gasteiger partial charge in [0.2, 0.25) is 11.8 Å². The molecule has 2 aromatic carbocycles. The first-order valence-electron chi connectivity index (χ1n) is 14.1. The molecule has 2 aliphatic heterocycles. The van der Waals surface area contributed by atoms with E-state index in [9.17, 15) is 4.79 Å². The molecule has 44 heavy (non-hydrogen) atoms. The molecule has 0 saturated carbocycles. The quantitative estimate of drug-likeness (QED) is 0.187. The normalized spacial score (nSPS) is 17.3. The fourth-order valence-corrected chi connectivity index (χ4v) is 6.27. The van der Waals surface area contributed by atoms with Crippen molar-refractivity contribution in [3.63, 3.8) is 0 Å².